The molecule has 5 nitrogen and oxygen atoms in total. The van der Waals surface area contributed by atoms with Gasteiger partial charge >= 0.3 is 123 Å². The van der Waals surface area contributed by atoms with Gasteiger partial charge in [0.25, 0.3) is 0 Å². The molecule has 0 aromatic heterocycles. The monoisotopic (exact) mass is 341 g/mol. The SMILES string of the molecule is CC[Se]CCC(C(=O)O)N1C(=O)c2ccccc2C1=O. The molecule has 0 saturated heterocycles. The number of amides is 2. The van der Waals surface area contributed by atoms with Crippen LogP contribution in [0, 0.1) is 0 Å². The van der Waals surface area contributed by atoms with Crippen molar-refractivity contribution in [2.24, 2.45) is 0 Å². The van der Waals surface area contributed by atoms with E-state index in [0.717, 1.165) is 15.5 Å². The van der Waals surface area contributed by atoms with E-state index in [1.165, 1.54) is 0 Å². The molecule has 2 rings (SSSR count). The number of imide groups is 1. The van der Waals surface area contributed by atoms with Crippen LogP contribution >= 0.6 is 0 Å². The maximum atomic E-state index is 12.2. The molecule has 1 N–H and O–H groups in total. The molecule has 0 bridgehead atoms. The summed E-state index contributed by atoms with van der Waals surface area (Å²) in [4.78, 5) is 36.8. The molecule has 20 heavy (non-hydrogen) atoms. The van der Waals surface area contributed by atoms with Gasteiger partial charge in [0.15, 0.2) is 0 Å². The molecule has 0 radical (unpaired) electrons. The van der Waals surface area contributed by atoms with E-state index in [1.54, 1.807) is 24.3 Å². The Morgan fingerprint density at radius 1 is 1.25 bits per heavy atom. The minimum atomic E-state index is -1.12. The molecular formula is C14H15NO4Se. The van der Waals surface area contributed by atoms with Crippen LogP contribution in [0.25, 0.3) is 0 Å². The second kappa shape index (κ2) is 6.20. The van der Waals surface area contributed by atoms with Gasteiger partial charge in [-0.3, -0.25) is 0 Å². The van der Waals surface area contributed by atoms with Crippen molar-refractivity contribution >= 4 is 32.7 Å². The fourth-order valence-electron chi connectivity index (χ4n) is 2.19. The van der Waals surface area contributed by atoms with Crippen molar-refractivity contribution in [3.8, 4) is 0 Å². The molecule has 106 valence electrons. The van der Waals surface area contributed by atoms with Crippen LogP contribution in [-0.4, -0.2) is 48.8 Å². The Hall–Kier alpha value is -1.65. The average Bonchev–Trinajstić information content (AvgIpc) is 2.68. The molecular weight excluding hydrogens is 325 g/mol. The predicted molar refractivity (Wildman–Crippen MR) is 74.0 cm³/mol. The summed E-state index contributed by atoms with van der Waals surface area (Å²) in [5, 5.41) is 11.1. The zero-order chi connectivity index (χ0) is 14.7. The van der Waals surface area contributed by atoms with Crippen LogP contribution in [0.5, 0.6) is 0 Å². The number of fused-ring (bicyclic) bond motifs is 1. The number of carboxylic acids is 1. The van der Waals surface area contributed by atoms with Crippen LogP contribution in [-0.2, 0) is 4.79 Å². The van der Waals surface area contributed by atoms with Crippen molar-refractivity contribution in [3.05, 3.63) is 35.4 Å². The first-order valence-electron chi connectivity index (χ1n) is 6.35. The van der Waals surface area contributed by atoms with Gasteiger partial charge in [-0.25, -0.2) is 0 Å². The van der Waals surface area contributed by atoms with E-state index in [1.807, 2.05) is 6.92 Å². The van der Waals surface area contributed by atoms with Crippen molar-refractivity contribution in [2.75, 3.05) is 0 Å². The molecule has 1 aliphatic rings. The Morgan fingerprint density at radius 3 is 2.25 bits per heavy atom. The molecule has 0 aliphatic carbocycles. The molecule has 1 atom stereocenters. The van der Waals surface area contributed by atoms with E-state index >= 15 is 0 Å². The number of carboxylic acid groups (broad SMARTS) is 1. The van der Waals surface area contributed by atoms with Gasteiger partial charge in [-0.15, -0.1) is 0 Å². The van der Waals surface area contributed by atoms with Crippen molar-refractivity contribution in [2.45, 2.75) is 30.0 Å². The van der Waals surface area contributed by atoms with E-state index < -0.39 is 23.8 Å². The van der Waals surface area contributed by atoms with E-state index in [-0.39, 0.29) is 0 Å². The Kier molecular flexibility index (Phi) is 4.57. The zero-order valence-corrected chi connectivity index (χ0v) is 12.7. The Balaban J connectivity index is 2.25. The van der Waals surface area contributed by atoms with E-state index in [9.17, 15) is 19.5 Å². The predicted octanol–water partition coefficient (Wildman–Crippen LogP) is 1.69. The Bertz CT molecular complexity index is 523. The van der Waals surface area contributed by atoms with Crippen molar-refractivity contribution in [1.82, 2.24) is 4.90 Å². The molecule has 1 aromatic rings. The van der Waals surface area contributed by atoms with Crippen LogP contribution in [0.4, 0.5) is 0 Å². The van der Waals surface area contributed by atoms with E-state index in [2.05, 4.69) is 0 Å². The second-order valence-corrected chi connectivity index (χ2v) is 7.29. The molecule has 0 saturated carbocycles. The summed E-state index contributed by atoms with van der Waals surface area (Å²) in [7, 11) is 0. The standard InChI is InChI=1S/C14H15NO4Se/c1-2-20-8-7-11(14(18)19)15-12(16)9-5-3-4-6-10(9)13(15)17/h3-6,11H,2,7-8H2,1H3,(H,18,19). The number of benzene rings is 1. The van der Waals surface area contributed by atoms with Crippen LogP contribution in [0.2, 0.25) is 10.6 Å². The summed E-state index contributed by atoms with van der Waals surface area (Å²) in [5.41, 5.74) is 0.592. The van der Waals surface area contributed by atoms with Crippen molar-refractivity contribution in [3.63, 3.8) is 0 Å². The quantitative estimate of drug-likeness (QED) is 0.486. The zero-order valence-electron chi connectivity index (χ0n) is 11.0. The third-order valence-electron chi connectivity index (χ3n) is 3.16. The van der Waals surface area contributed by atoms with Gasteiger partial charge < -0.3 is 0 Å². The number of carbonyl (C=O) groups excluding carboxylic acids is 2. The van der Waals surface area contributed by atoms with Gasteiger partial charge in [-0.1, -0.05) is 0 Å². The first-order valence-corrected chi connectivity index (χ1v) is 8.77. The van der Waals surface area contributed by atoms with Crippen LogP contribution in [0.3, 0.4) is 0 Å². The molecule has 1 heterocycles. The van der Waals surface area contributed by atoms with E-state index in [0.29, 0.717) is 32.5 Å². The molecule has 6 heteroatoms. The normalized spacial score (nSPS) is 15.3. The van der Waals surface area contributed by atoms with Crippen molar-refractivity contribution < 1.29 is 19.5 Å². The molecule has 0 spiro atoms. The Labute approximate surface area is 123 Å². The molecule has 0 fully saturated rings. The molecule has 1 aromatic carbocycles. The van der Waals surface area contributed by atoms with E-state index in [4.69, 9.17) is 0 Å². The van der Waals surface area contributed by atoms with Gasteiger partial charge in [0.2, 0.25) is 0 Å². The maximum absolute atomic E-state index is 12.2. The van der Waals surface area contributed by atoms with Gasteiger partial charge in [0, 0.05) is 0 Å². The fraction of sp³-hybridized carbons (Fsp3) is 0.357. The van der Waals surface area contributed by atoms with Crippen LogP contribution < -0.4 is 0 Å². The Morgan fingerprint density at radius 2 is 1.80 bits per heavy atom. The average molecular weight is 340 g/mol. The van der Waals surface area contributed by atoms with Crippen LogP contribution in [0.15, 0.2) is 24.3 Å². The number of aliphatic carboxylic acids is 1. The third-order valence-corrected chi connectivity index (χ3v) is 5.12. The first kappa shape index (κ1) is 14.8. The number of hydrogen-bond acceptors (Lipinski definition) is 3. The number of nitrogens with zero attached hydrogens (tertiary/aromatic N) is 1. The number of carbonyl (C=O) groups is 3. The second-order valence-electron chi connectivity index (χ2n) is 4.37. The summed E-state index contributed by atoms with van der Waals surface area (Å²) in [5.74, 6) is -2.12. The molecule has 1 aliphatic heterocycles. The van der Waals surface area contributed by atoms with Crippen molar-refractivity contribution in [1.29, 1.82) is 0 Å². The van der Waals surface area contributed by atoms with Gasteiger partial charge in [-0.2, -0.15) is 0 Å². The summed E-state index contributed by atoms with van der Waals surface area (Å²) < 4.78 is 0. The number of hydrogen-bond donors (Lipinski definition) is 1. The van der Waals surface area contributed by atoms with Gasteiger partial charge in [0.1, 0.15) is 0 Å². The number of rotatable bonds is 6. The topological polar surface area (TPSA) is 74.7 Å². The minimum absolute atomic E-state index is 0.296. The van der Waals surface area contributed by atoms with Gasteiger partial charge in [-0.05, 0) is 0 Å². The van der Waals surface area contributed by atoms with Crippen LogP contribution in [0.1, 0.15) is 34.1 Å². The summed E-state index contributed by atoms with van der Waals surface area (Å²) in [6, 6.07) is 5.40. The third kappa shape index (κ3) is 2.62. The summed E-state index contributed by atoms with van der Waals surface area (Å²) in [6.07, 6.45) is 0.328. The first-order chi connectivity index (χ1) is 9.57. The fourth-order valence-corrected chi connectivity index (χ4v) is 3.62. The molecule has 2 amide bonds. The summed E-state index contributed by atoms with van der Waals surface area (Å²) in [6.45, 7) is 2.04. The summed E-state index contributed by atoms with van der Waals surface area (Å²) >= 11 is 0.354. The van der Waals surface area contributed by atoms with Gasteiger partial charge in [0.05, 0.1) is 0 Å². The molecule has 1 unspecified atom stereocenters.